The SMILES string of the molecule is CC(CN=C(N)Nc1cccc(C(C)C)c1)CN1CCN(C)CC1. The number of benzene rings is 1. The van der Waals surface area contributed by atoms with Gasteiger partial charge in [0.15, 0.2) is 5.96 Å². The van der Waals surface area contributed by atoms with Crippen LogP contribution in [0.4, 0.5) is 5.69 Å². The molecule has 1 unspecified atom stereocenters. The van der Waals surface area contributed by atoms with Crippen molar-refractivity contribution < 1.29 is 0 Å². The van der Waals surface area contributed by atoms with Crippen LogP contribution in [-0.4, -0.2) is 62.1 Å². The van der Waals surface area contributed by atoms with Crippen LogP contribution in [-0.2, 0) is 0 Å². The molecule has 1 aromatic rings. The van der Waals surface area contributed by atoms with Crippen molar-refractivity contribution in [1.82, 2.24) is 9.80 Å². The van der Waals surface area contributed by atoms with Crippen LogP contribution in [0.15, 0.2) is 29.3 Å². The van der Waals surface area contributed by atoms with Crippen molar-refractivity contribution in [3.8, 4) is 0 Å². The molecule has 0 amide bonds. The monoisotopic (exact) mass is 331 g/mol. The summed E-state index contributed by atoms with van der Waals surface area (Å²) in [6.07, 6.45) is 0. The number of hydrogen-bond acceptors (Lipinski definition) is 3. The van der Waals surface area contributed by atoms with E-state index in [1.807, 2.05) is 6.07 Å². The summed E-state index contributed by atoms with van der Waals surface area (Å²) in [5, 5.41) is 3.21. The minimum Gasteiger partial charge on any atom is -0.370 e. The first-order valence-corrected chi connectivity index (χ1v) is 9.02. The Kier molecular flexibility index (Phi) is 7.06. The summed E-state index contributed by atoms with van der Waals surface area (Å²) in [6, 6.07) is 8.37. The van der Waals surface area contributed by atoms with Crippen LogP contribution in [0.25, 0.3) is 0 Å². The van der Waals surface area contributed by atoms with Gasteiger partial charge in [-0.15, -0.1) is 0 Å². The second-order valence-corrected chi connectivity index (χ2v) is 7.34. The molecule has 5 nitrogen and oxygen atoms in total. The van der Waals surface area contributed by atoms with Gasteiger partial charge < -0.3 is 20.9 Å². The second-order valence-electron chi connectivity index (χ2n) is 7.34. The standard InChI is InChI=1S/C19H33N5/c1-15(2)17-6-5-7-18(12-17)22-19(20)21-13-16(3)14-24-10-8-23(4)9-11-24/h5-7,12,15-16H,8-11,13-14H2,1-4H3,(H3,20,21,22). The zero-order valence-electron chi connectivity index (χ0n) is 15.6. The molecular formula is C19H33N5. The molecule has 0 spiro atoms. The Hall–Kier alpha value is -1.59. The predicted molar refractivity (Wildman–Crippen MR) is 104 cm³/mol. The minimum absolute atomic E-state index is 0.501. The van der Waals surface area contributed by atoms with Crippen LogP contribution in [0.2, 0.25) is 0 Å². The van der Waals surface area contributed by atoms with Gasteiger partial charge in [0.05, 0.1) is 0 Å². The average Bonchev–Trinajstić information content (AvgIpc) is 2.55. The lowest BCUT2D eigenvalue weighted by atomic mass is 10.0. The number of rotatable bonds is 6. The van der Waals surface area contributed by atoms with Crippen molar-refractivity contribution in [3.05, 3.63) is 29.8 Å². The third-order valence-corrected chi connectivity index (χ3v) is 4.56. The summed E-state index contributed by atoms with van der Waals surface area (Å²) in [5.74, 6) is 1.52. The molecule has 0 radical (unpaired) electrons. The van der Waals surface area contributed by atoms with Gasteiger partial charge in [0.25, 0.3) is 0 Å². The third kappa shape index (κ3) is 6.13. The Morgan fingerprint density at radius 1 is 1.21 bits per heavy atom. The van der Waals surface area contributed by atoms with Crippen LogP contribution < -0.4 is 11.1 Å². The molecule has 24 heavy (non-hydrogen) atoms. The van der Waals surface area contributed by atoms with E-state index in [2.05, 4.69) is 66.1 Å². The predicted octanol–water partition coefficient (Wildman–Crippen LogP) is 2.42. The molecule has 5 heteroatoms. The number of piperazine rings is 1. The van der Waals surface area contributed by atoms with Crippen LogP contribution in [0, 0.1) is 5.92 Å². The summed E-state index contributed by atoms with van der Waals surface area (Å²) < 4.78 is 0. The molecular weight excluding hydrogens is 298 g/mol. The Bertz CT molecular complexity index is 532. The highest BCUT2D eigenvalue weighted by atomic mass is 15.2. The van der Waals surface area contributed by atoms with E-state index in [-0.39, 0.29) is 0 Å². The lowest BCUT2D eigenvalue weighted by Crippen LogP contribution is -2.46. The molecule has 1 saturated heterocycles. The summed E-state index contributed by atoms with van der Waals surface area (Å²) in [4.78, 5) is 9.43. The van der Waals surface area contributed by atoms with Crippen LogP contribution in [0.1, 0.15) is 32.3 Å². The third-order valence-electron chi connectivity index (χ3n) is 4.56. The van der Waals surface area contributed by atoms with Crippen LogP contribution >= 0.6 is 0 Å². The lowest BCUT2D eigenvalue weighted by Gasteiger charge is -2.33. The maximum Gasteiger partial charge on any atom is 0.193 e. The Morgan fingerprint density at radius 3 is 2.58 bits per heavy atom. The molecule has 0 aliphatic carbocycles. The van der Waals surface area contributed by atoms with Gasteiger partial charge in [0.2, 0.25) is 0 Å². The number of hydrogen-bond donors (Lipinski definition) is 2. The largest absolute Gasteiger partial charge is 0.370 e. The Balaban J connectivity index is 1.79. The molecule has 1 heterocycles. The van der Waals surface area contributed by atoms with Gasteiger partial charge in [0, 0.05) is 45.0 Å². The summed E-state index contributed by atoms with van der Waals surface area (Å²) >= 11 is 0. The van der Waals surface area contributed by atoms with Crippen molar-refractivity contribution in [3.63, 3.8) is 0 Å². The van der Waals surface area contributed by atoms with E-state index in [1.54, 1.807) is 0 Å². The van der Waals surface area contributed by atoms with Gasteiger partial charge in [-0.25, -0.2) is 0 Å². The van der Waals surface area contributed by atoms with Crippen molar-refractivity contribution in [2.45, 2.75) is 26.7 Å². The van der Waals surface area contributed by atoms with E-state index in [1.165, 1.54) is 5.56 Å². The van der Waals surface area contributed by atoms with E-state index in [9.17, 15) is 0 Å². The smallest absolute Gasteiger partial charge is 0.193 e. The number of likely N-dealkylation sites (N-methyl/N-ethyl adjacent to an activating group) is 1. The van der Waals surface area contributed by atoms with E-state index < -0.39 is 0 Å². The summed E-state index contributed by atoms with van der Waals surface area (Å²) in [6.45, 7) is 13.1. The molecule has 1 aliphatic rings. The number of guanidine groups is 1. The van der Waals surface area contributed by atoms with Gasteiger partial charge in [-0.1, -0.05) is 32.9 Å². The minimum atomic E-state index is 0.501. The number of nitrogens with one attached hydrogen (secondary N) is 1. The topological polar surface area (TPSA) is 56.9 Å². The Labute approximate surface area is 146 Å². The van der Waals surface area contributed by atoms with Crippen molar-refractivity contribution in [2.75, 3.05) is 51.6 Å². The fourth-order valence-electron chi connectivity index (χ4n) is 2.95. The van der Waals surface area contributed by atoms with Gasteiger partial charge in [-0.2, -0.15) is 0 Å². The molecule has 1 fully saturated rings. The van der Waals surface area contributed by atoms with Gasteiger partial charge in [-0.05, 0) is 36.6 Å². The van der Waals surface area contributed by atoms with Crippen molar-refractivity contribution in [1.29, 1.82) is 0 Å². The van der Waals surface area contributed by atoms with E-state index in [0.717, 1.165) is 45.0 Å². The maximum atomic E-state index is 6.05. The van der Waals surface area contributed by atoms with Gasteiger partial charge in [-0.3, -0.25) is 4.99 Å². The first-order chi connectivity index (χ1) is 11.4. The number of aliphatic imine (C=N–C) groups is 1. The molecule has 1 atom stereocenters. The number of nitrogens with two attached hydrogens (primary N) is 1. The fraction of sp³-hybridized carbons (Fsp3) is 0.632. The summed E-state index contributed by atoms with van der Waals surface area (Å²) in [5.41, 5.74) is 8.36. The van der Waals surface area contributed by atoms with Crippen molar-refractivity contribution in [2.24, 2.45) is 16.6 Å². The zero-order chi connectivity index (χ0) is 17.5. The molecule has 1 aliphatic heterocycles. The highest BCUT2D eigenvalue weighted by Crippen LogP contribution is 2.18. The van der Waals surface area contributed by atoms with E-state index in [4.69, 9.17) is 5.73 Å². The van der Waals surface area contributed by atoms with Crippen LogP contribution in [0.5, 0.6) is 0 Å². The van der Waals surface area contributed by atoms with Crippen LogP contribution in [0.3, 0.4) is 0 Å². The van der Waals surface area contributed by atoms with E-state index in [0.29, 0.717) is 17.8 Å². The molecule has 134 valence electrons. The molecule has 0 aromatic heterocycles. The molecule has 1 aromatic carbocycles. The van der Waals surface area contributed by atoms with E-state index >= 15 is 0 Å². The van der Waals surface area contributed by atoms with Gasteiger partial charge in [0.1, 0.15) is 0 Å². The number of nitrogens with zero attached hydrogens (tertiary/aromatic N) is 3. The summed E-state index contributed by atoms with van der Waals surface area (Å²) in [7, 11) is 2.19. The fourth-order valence-corrected chi connectivity index (χ4v) is 2.95. The zero-order valence-corrected chi connectivity index (χ0v) is 15.6. The highest BCUT2D eigenvalue weighted by molar-refractivity contribution is 5.92. The normalized spacial score (nSPS) is 18.8. The number of anilines is 1. The average molecular weight is 332 g/mol. The first-order valence-electron chi connectivity index (χ1n) is 9.02. The van der Waals surface area contributed by atoms with Crippen molar-refractivity contribution >= 4 is 11.6 Å². The quantitative estimate of drug-likeness (QED) is 0.621. The first kappa shape index (κ1) is 18.7. The molecule has 3 N–H and O–H groups in total. The molecule has 2 rings (SSSR count). The Morgan fingerprint density at radius 2 is 1.92 bits per heavy atom. The van der Waals surface area contributed by atoms with Gasteiger partial charge >= 0.3 is 0 Å². The molecule has 0 saturated carbocycles. The lowest BCUT2D eigenvalue weighted by molar-refractivity contribution is 0.140. The highest BCUT2D eigenvalue weighted by Gasteiger charge is 2.15. The maximum absolute atomic E-state index is 6.05. The second kappa shape index (κ2) is 9.04. The molecule has 0 bridgehead atoms.